The highest BCUT2D eigenvalue weighted by Crippen LogP contribution is 2.36. The zero-order chi connectivity index (χ0) is 11.7. The van der Waals surface area contributed by atoms with Gasteiger partial charge < -0.3 is 10.1 Å². The standard InChI is InChI=1S/C14H18ClNO/c15-14-4-2-1-3-10(14)9-17-13-5-11-7-16-8-12(11)6-13/h1-4,11-13,16H,5-9H2. The fourth-order valence-electron chi connectivity index (χ4n) is 3.07. The Bertz CT molecular complexity index is 384. The first-order valence-corrected chi connectivity index (χ1v) is 6.76. The second kappa shape index (κ2) is 4.97. The maximum Gasteiger partial charge on any atom is 0.0735 e. The minimum atomic E-state index is 0.434. The zero-order valence-corrected chi connectivity index (χ0v) is 10.6. The summed E-state index contributed by atoms with van der Waals surface area (Å²) in [5.74, 6) is 1.68. The molecule has 1 heterocycles. The first kappa shape index (κ1) is 11.5. The van der Waals surface area contributed by atoms with Crippen molar-refractivity contribution in [1.82, 2.24) is 5.32 Å². The average molecular weight is 252 g/mol. The lowest BCUT2D eigenvalue weighted by atomic mass is 10.0. The fourth-order valence-corrected chi connectivity index (χ4v) is 3.26. The lowest BCUT2D eigenvalue weighted by Gasteiger charge is -2.13. The van der Waals surface area contributed by atoms with Crippen LogP contribution in [0.3, 0.4) is 0 Å². The highest BCUT2D eigenvalue weighted by atomic mass is 35.5. The molecule has 1 aromatic rings. The van der Waals surface area contributed by atoms with Crippen LogP contribution in [0.2, 0.25) is 5.02 Å². The van der Waals surface area contributed by atoms with E-state index in [0.717, 1.165) is 22.4 Å². The summed E-state index contributed by atoms with van der Waals surface area (Å²) in [6.45, 7) is 3.00. The normalized spacial score (nSPS) is 31.7. The molecule has 0 spiro atoms. The lowest BCUT2D eigenvalue weighted by Crippen LogP contribution is -2.16. The first-order chi connectivity index (χ1) is 8.33. The minimum Gasteiger partial charge on any atom is -0.373 e. The van der Waals surface area contributed by atoms with Gasteiger partial charge >= 0.3 is 0 Å². The van der Waals surface area contributed by atoms with E-state index in [1.807, 2.05) is 24.3 Å². The van der Waals surface area contributed by atoms with E-state index in [0.29, 0.717) is 12.7 Å². The van der Waals surface area contributed by atoms with Crippen molar-refractivity contribution in [2.24, 2.45) is 11.8 Å². The van der Waals surface area contributed by atoms with Crippen molar-refractivity contribution in [2.45, 2.75) is 25.6 Å². The van der Waals surface area contributed by atoms with Gasteiger partial charge in [0.25, 0.3) is 0 Å². The van der Waals surface area contributed by atoms with Crippen molar-refractivity contribution in [2.75, 3.05) is 13.1 Å². The molecule has 2 aliphatic rings. The Kier molecular flexibility index (Phi) is 3.37. The second-order valence-corrected chi connectivity index (χ2v) is 5.58. The Morgan fingerprint density at radius 1 is 1.18 bits per heavy atom. The summed E-state index contributed by atoms with van der Waals surface area (Å²) in [7, 11) is 0. The van der Waals surface area contributed by atoms with E-state index < -0.39 is 0 Å². The molecule has 2 nitrogen and oxygen atoms in total. The van der Waals surface area contributed by atoms with Gasteiger partial charge in [0.05, 0.1) is 12.7 Å². The van der Waals surface area contributed by atoms with Crippen LogP contribution in [0.25, 0.3) is 0 Å². The molecular formula is C14H18ClNO. The molecular weight excluding hydrogens is 234 g/mol. The van der Waals surface area contributed by atoms with Crippen LogP contribution in [0.1, 0.15) is 18.4 Å². The predicted octanol–water partition coefficient (Wildman–Crippen LogP) is 2.85. The molecule has 2 unspecified atom stereocenters. The molecule has 2 atom stereocenters. The van der Waals surface area contributed by atoms with Crippen LogP contribution in [-0.2, 0) is 11.3 Å². The number of rotatable bonds is 3. The van der Waals surface area contributed by atoms with Gasteiger partial charge in [-0.1, -0.05) is 29.8 Å². The summed E-state index contributed by atoms with van der Waals surface area (Å²) < 4.78 is 5.99. The summed E-state index contributed by atoms with van der Waals surface area (Å²) in [6, 6.07) is 7.93. The van der Waals surface area contributed by atoms with Crippen LogP contribution in [0.15, 0.2) is 24.3 Å². The minimum absolute atomic E-state index is 0.434. The maximum absolute atomic E-state index is 6.12. The average Bonchev–Trinajstić information content (AvgIpc) is 2.88. The van der Waals surface area contributed by atoms with Crippen molar-refractivity contribution in [3.05, 3.63) is 34.9 Å². The molecule has 1 saturated heterocycles. The second-order valence-electron chi connectivity index (χ2n) is 5.17. The Labute approximate surface area is 107 Å². The van der Waals surface area contributed by atoms with Crippen LogP contribution in [-0.4, -0.2) is 19.2 Å². The maximum atomic E-state index is 6.12. The van der Waals surface area contributed by atoms with Gasteiger partial charge in [0, 0.05) is 5.02 Å². The van der Waals surface area contributed by atoms with Crippen LogP contribution in [0, 0.1) is 11.8 Å². The van der Waals surface area contributed by atoms with E-state index in [9.17, 15) is 0 Å². The van der Waals surface area contributed by atoms with Gasteiger partial charge in [-0.15, -0.1) is 0 Å². The summed E-state index contributed by atoms with van der Waals surface area (Å²) in [6.07, 6.45) is 2.85. The SMILES string of the molecule is Clc1ccccc1COC1CC2CNCC2C1. The number of nitrogens with one attached hydrogen (secondary N) is 1. The quantitative estimate of drug-likeness (QED) is 0.892. The number of halogens is 1. The predicted molar refractivity (Wildman–Crippen MR) is 69.1 cm³/mol. The number of hydrogen-bond acceptors (Lipinski definition) is 2. The third kappa shape index (κ3) is 2.49. The molecule has 0 bridgehead atoms. The topological polar surface area (TPSA) is 21.3 Å². The molecule has 17 heavy (non-hydrogen) atoms. The molecule has 2 fully saturated rings. The van der Waals surface area contributed by atoms with Crippen LogP contribution < -0.4 is 5.32 Å². The van der Waals surface area contributed by atoms with E-state index in [2.05, 4.69) is 5.32 Å². The zero-order valence-electron chi connectivity index (χ0n) is 9.86. The summed E-state index contributed by atoms with van der Waals surface area (Å²) >= 11 is 6.12. The lowest BCUT2D eigenvalue weighted by molar-refractivity contribution is 0.0405. The van der Waals surface area contributed by atoms with Crippen molar-refractivity contribution in [3.63, 3.8) is 0 Å². The molecule has 0 amide bonds. The van der Waals surface area contributed by atoms with Gasteiger partial charge in [-0.05, 0) is 49.4 Å². The molecule has 1 aliphatic heterocycles. The number of ether oxygens (including phenoxy) is 1. The molecule has 1 aliphatic carbocycles. The Balaban J connectivity index is 1.54. The van der Waals surface area contributed by atoms with E-state index in [1.165, 1.54) is 25.9 Å². The molecule has 1 aromatic carbocycles. The Morgan fingerprint density at radius 2 is 1.88 bits per heavy atom. The van der Waals surface area contributed by atoms with Gasteiger partial charge in [0.15, 0.2) is 0 Å². The van der Waals surface area contributed by atoms with Gasteiger partial charge in [-0.2, -0.15) is 0 Å². The van der Waals surface area contributed by atoms with Gasteiger partial charge in [0.1, 0.15) is 0 Å². The smallest absolute Gasteiger partial charge is 0.0735 e. The molecule has 0 radical (unpaired) electrons. The summed E-state index contributed by atoms with van der Waals surface area (Å²) in [4.78, 5) is 0. The monoisotopic (exact) mass is 251 g/mol. The van der Waals surface area contributed by atoms with Gasteiger partial charge in [-0.25, -0.2) is 0 Å². The van der Waals surface area contributed by atoms with E-state index in [4.69, 9.17) is 16.3 Å². The molecule has 3 heteroatoms. The highest BCUT2D eigenvalue weighted by molar-refractivity contribution is 6.31. The third-order valence-corrected chi connectivity index (χ3v) is 4.41. The van der Waals surface area contributed by atoms with E-state index >= 15 is 0 Å². The van der Waals surface area contributed by atoms with Crippen molar-refractivity contribution < 1.29 is 4.74 Å². The highest BCUT2D eigenvalue weighted by Gasteiger charge is 2.37. The Hall–Kier alpha value is -0.570. The van der Waals surface area contributed by atoms with E-state index in [-0.39, 0.29) is 0 Å². The summed E-state index contributed by atoms with van der Waals surface area (Å²) in [5, 5.41) is 4.26. The van der Waals surface area contributed by atoms with Crippen molar-refractivity contribution >= 4 is 11.6 Å². The largest absolute Gasteiger partial charge is 0.373 e. The van der Waals surface area contributed by atoms with Gasteiger partial charge in [0.2, 0.25) is 0 Å². The van der Waals surface area contributed by atoms with E-state index in [1.54, 1.807) is 0 Å². The van der Waals surface area contributed by atoms with Crippen LogP contribution in [0.5, 0.6) is 0 Å². The molecule has 92 valence electrons. The molecule has 3 rings (SSSR count). The van der Waals surface area contributed by atoms with Gasteiger partial charge in [-0.3, -0.25) is 0 Å². The molecule has 1 saturated carbocycles. The Morgan fingerprint density at radius 3 is 2.59 bits per heavy atom. The molecule has 1 N–H and O–H groups in total. The van der Waals surface area contributed by atoms with Crippen LogP contribution >= 0.6 is 11.6 Å². The third-order valence-electron chi connectivity index (χ3n) is 4.04. The fraction of sp³-hybridized carbons (Fsp3) is 0.571. The van der Waals surface area contributed by atoms with Crippen molar-refractivity contribution in [1.29, 1.82) is 0 Å². The first-order valence-electron chi connectivity index (χ1n) is 6.38. The van der Waals surface area contributed by atoms with Crippen LogP contribution in [0.4, 0.5) is 0 Å². The molecule has 0 aromatic heterocycles. The number of benzene rings is 1. The number of fused-ring (bicyclic) bond motifs is 1. The number of hydrogen-bond donors (Lipinski definition) is 1. The van der Waals surface area contributed by atoms with Crippen molar-refractivity contribution in [3.8, 4) is 0 Å². The summed E-state index contributed by atoms with van der Waals surface area (Å²) in [5.41, 5.74) is 1.10.